The van der Waals surface area contributed by atoms with E-state index in [9.17, 15) is 14.4 Å². The summed E-state index contributed by atoms with van der Waals surface area (Å²) >= 11 is 0. The van der Waals surface area contributed by atoms with Crippen LogP contribution >= 0.6 is 0 Å². The minimum absolute atomic E-state index is 0.0969. The van der Waals surface area contributed by atoms with Gasteiger partial charge in [0.05, 0.1) is 0 Å². The standard InChI is InChI=1S/C15H24N2O3/c1-6-9-11(4)15(8-3)12(18)16(5)14(20)17(10-7-2)13(15)19/h7,11H,2,6,8-10H2,1,3-5H3. The lowest BCUT2D eigenvalue weighted by Gasteiger charge is -2.45. The summed E-state index contributed by atoms with van der Waals surface area (Å²) in [6, 6.07) is -0.562. The van der Waals surface area contributed by atoms with Gasteiger partial charge in [-0.25, -0.2) is 4.79 Å². The highest BCUT2D eigenvalue weighted by atomic mass is 16.2. The number of nitrogens with zero attached hydrogens (tertiary/aromatic N) is 2. The molecule has 0 aliphatic carbocycles. The lowest BCUT2D eigenvalue weighted by Crippen LogP contribution is -2.65. The van der Waals surface area contributed by atoms with Crippen LogP contribution < -0.4 is 0 Å². The Kier molecular flexibility index (Phi) is 5.09. The molecule has 1 rings (SSSR count). The summed E-state index contributed by atoms with van der Waals surface area (Å²) in [6.45, 7) is 9.48. The van der Waals surface area contributed by atoms with E-state index in [-0.39, 0.29) is 24.3 Å². The Bertz CT molecular complexity index is 433. The summed E-state index contributed by atoms with van der Waals surface area (Å²) in [6.07, 6.45) is 3.57. The first kappa shape index (κ1) is 16.4. The van der Waals surface area contributed by atoms with E-state index in [2.05, 4.69) is 6.58 Å². The zero-order valence-electron chi connectivity index (χ0n) is 12.8. The van der Waals surface area contributed by atoms with Gasteiger partial charge in [0, 0.05) is 13.6 Å². The number of carbonyl (C=O) groups excluding carboxylic acids is 3. The molecule has 0 bridgehead atoms. The number of rotatable bonds is 6. The van der Waals surface area contributed by atoms with Crippen molar-refractivity contribution in [3.63, 3.8) is 0 Å². The van der Waals surface area contributed by atoms with Crippen molar-refractivity contribution in [3.05, 3.63) is 12.7 Å². The third-order valence-electron chi connectivity index (χ3n) is 4.26. The highest BCUT2D eigenvalue weighted by Gasteiger charge is 2.57. The SMILES string of the molecule is C=CCN1C(=O)N(C)C(=O)C(CC)(C(C)CCC)C1=O. The number of carbonyl (C=O) groups is 3. The van der Waals surface area contributed by atoms with Gasteiger partial charge in [0.2, 0.25) is 11.8 Å². The van der Waals surface area contributed by atoms with Crippen molar-refractivity contribution in [2.45, 2.75) is 40.0 Å². The average Bonchev–Trinajstić information content (AvgIpc) is 2.43. The third kappa shape index (κ3) is 2.25. The summed E-state index contributed by atoms with van der Waals surface area (Å²) in [5.74, 6) is -0.856. The molecular formula is C15H24N2O3. The highest BCUT2D eigenvalue weighted by molar-refractivity contribution is 6.19. The molecule has 0 aromatic rings. The van der Waals surface area contributed by atoms with Crippen LogP contribution in [0.3, 0.4) is 0 Å². The summed E-state index contributed by atoms with van der Waals surface area (Å²) in [7, 11) is 1.44. The maximum Gasteiger partial charge on any atom is 0.333 e. The molecule has 2 atom stereocenters. The van der Waals surface area contributed by atoms with Gasteiger partial charge in [-0.3, -0.25) is 19.4 Å². The lowest BCUT2D eigenvalue weighted by molar-refractivity contribution is -0.162. The molecule has 0 spiro atoms. The second kappa shape index (κ2) is 6.20. The van der Waals surface area contributed by atoms with Crippen LogP contribution in [0.4, 0.5) is 4.79 Å². The van der Waals surface area contributed by atoms with Crippen LogP contribution in [0.1, 0.15) is 40.0 Å². The summed E-state index contributed by atoms with van der Waals surface area (Å²) < 4.78 is 0. The van der Waals surface area contributed by atoms with Gasteiger partial charge < -0.3 is 0 Å². The van der Waals surface area contributed by atoms with E-state index in [4.69, 9.17) is 0 Å². The summed E-state index contributed by atoms with van der Waals surface area (Å²) in [4.78, 5) is 39.6. The molecule has 0 aromatic carbocycles. The first-order valence-electron chi connectivity index (χ1n) is 7.13. The van der Waals surface area contributed by atoms with Crippen LogP contribution in [0.5, 0.6) is 0 Å². The van der Waals surface area contributed by atoms with Gasteiger partial charge >= 0.3 is 6.03 Å². The maximum atomic E-state index is 12.8. The Morgan fingerprint density at radius 2 is 1.85 bits per heavy atom. The Hall–Kier alpha value is -1.65. The molecule has 1 fully saturated rings. The van der Waals surface area contributed by atoms with Gasteiger partial charge in [-0.2, -0.15) is 0 Å². The first-order valence-corrected chi connectivity index (χ1v) is 7.13. The van der Waals surface area contributed by atoms with Crippen molar-refractivity contribution >= 4 is 17.8 Å². The number of imide groups is 2. The molecule has 20 heavy (non-hydrogen) atoms. The highest BCUT2D eigenvalue weighted by Crippen LogP contribution is 2.41. The molecule has 1 aliphatic rings. The third-order valence-corrected chi connectivity index (χ3v) is 4.26. The van der Waals surface area contributed by atoms with E-state index in [0.29, 0.717) is 6.42 Å². The van der Waals surface area contributed by atoms with Gasteiger partial charge in [-0.15, -0.1) is 6.58 Å². The molecule has 112 valence electrons. The normalized spacial score (nSPS) is 25.1. The Morgan fingerprint density at radius 1 is 1.25 bits per heavy atom. The second-order valence-corrected chi connectivity index (χ2v) is 5.37. The number of amides is 4. The molecule has 1 saturated heterocycles. The number of hydrogen-bond donors (Lipinski definition) is 0. The molecule has 0 saturated carbocycles. The van der Waals surface area contributed by atoms with E-state index >= 15 is 0 Å². The Labute approximate surface area is 120 Å². The predicted molar refractivity (Wildman–Crippen MR) is 76.9 cm³/mol. The molecule has 0 radical (unpaired) electrons. The fourth-order valence-corrected chi connectivity index (χ4v) is 3.03. The predicted octanol–water partition coefficient (Wildman–Crippen LogP) is 2.43. The largest absolute Gasteiger partial charge is 0.333 e. The van der Waals surface area contributed by atoms with Crippen LogP contribution in [0.15, 0.2) is 12.7 Å². The van der Waals surface area contributed by atoms with E-state index in [1.165, 1.54) is 13.1 Å². The molecular weight excluding hydrogens is 256 g/mol. The quantitative estimate of drug-likeness (QED) is 0.554. The van der Waals surface area contributed by atoms with Gasteiger partial charge in [0.15, 0.2) is 0 Å². The van der Waals surface area contributed by atoms with Crippen molar-refractivity contribution in [1.29, 1.82) is 0 Å². The molecule has 0 N–H and O–H groups in total. The van der Waals surface area contributed by atoms with Gasteiger partial charge in [-0.1, -0.05) is 33.3 Å². The minimum atomic E-state index is -1.12. The smallest absolute Gasteiger partial charge is 0.273 e. The average molecular weight is 280 g/mol. The lowest BCUT2D eigenvalue weighted by atomic mass is 9.69. The monoisotopic (exact) mass is 280 g/mol. The van der Waals surface area contributed by atoms with Gasteiger partial charge in [0.25, 0.3) is 0 Å². The Morgan fingerprint density at radius 3 is 2.30 bits per heavy atom. The number of barbiturate groups is 1. The number of urea groups is 1. The summed E-state index contributed by atoms with van der Waals surface area (Å²) in [5, 5.41) is 0. The van der Waals surface area contributed by atoms with Crippen LogP contribution in [0.2, 0.25) is 0 Å². The van der Waals surface area contributed by atoms with Crippen LogP contribution in [-0.4, -0.2) is 41.2 Å². The van der Waals surface area contributed by atoms with Crippen molar-refractivity contribution in [1.82, 2.24) is 9.80 Å². The van der Waals surface area contributed by atoms with Crippen molar-refractivity contribution < 1.29 is 14.4 Å². The molecule has 5 heteroatoms. The fraction of sp³-hybridized carbons (Fsp3) is 0.667. The zero-order chi connectivity index (χ0) is 15.5. The second-order valence-electron chi connectivity index (χ2n) is 5.37. The van der Waals surface area contributed by atoms with Crippen molar-refractivity contribution in [2.75, 3.05) is 13.6 Å². The fourth-order valence-electron chi connectivity index (χ4n) is 3.03. The molecule has 2 unspecified atom stereocenters. The van der Waals surface area contributed by atoms with Crippen LogP contribution in [0.25, 0.3) is 0 Å². The van der Waals surface area contributed by atoms with E-state index in [0.717, 1.165) is 22.6 Å². The maximum absolute atomic E-state index is 12.8. The molecule has 5 nitrogen and oxygen atoms in total. The number of hydrogen-bond acceptors (Lipinski definition) is 3. The van der Waals surface area contributed by atoms with E-state index < -0.39 is 11.4 Å². The first-order chi connectivity index (χ1) is 9.38. The van der Waals surface area contributed by atoms with Gasteiger partial charge in [0.1, 0.15) is 5.41 Å². The molecule has 4 amide bonds. The van der Waals surface area contributed by atoms with Gasteiger partial charge in [-0.05, 0) is 18.8 Å². The zero-order valence-corrected chi connectivity index (χ0v) is 12.8. The minimum Gasteiger partial charge on any atom is -0.273 e. The Balaban J connectivity index is 3.32. The van der Waals surface area contributed by atoms with E-state index in [1.54, 1.807) is 0 Å². The van der Waals surface area contributed by atoms with Crippen LogP contribution in [-0.2, 0) is 9.59 Å². The topological polar surface area (TPSA) is 57.7 Å². The van der Waals surface area contributed by atoms with E-state index in [1.807, 2.05) is 20.8 Å². The molecule has 1 aliphatic heterocycles. The molecule has 0 aromatic heterocycles. The molecule has 1 heterocycles. The van der Waals surface area contributed by atoms with Crippen LogP contribution in [0, 0.1) is 11.3 Å². The van der Waals surface area contributed by atoms with Crippen molar-refractivity contribution in [3.8, 4) is 0 Å². The summed E-state index contributed by atoms with van der Waals surface area (Å²) in [5.41, 5.74) is -1.12. The van der Waals surface area contributed by atoms with Crippen molar-refractivity contribution in [2.24, 2.45) is 11.3 Å².